The molecule has 2 atom stereocenters. The molecule has 0 N–H and O–H groups in total. The van der Waals surface area contributed by atoms with Crippen molar-refractivity contribution >= 4 is 17.2 Å². The van der Waals surface area contributed by atoms with Crippen LogP contribution in [0.15, 0.2) is 17.8 Å². The molecule has 8 nitrogen and oxygen atoms in total. The molecule has 1 aliphatic rings. The Hall–Kier alpha value is -1.81. The summed E-state index contributed by atoms with van der Waals surface area (Å²) in [5.74, 6) is -0.0443. The number of ether oxygens (including phenoxy) is 1. The number of likely N-dealkylation sites (N-methyl/N-ethyl adjacent to an activating group) is 1. The minimum atomic E-state index is -0.179. The van der Waals surface area contributed by atoms with Crippen LogP contribution in [0.25, 0.3) is 0 Å². The summed E-state index contributed by atoms with van der Waals surface area (Å²) in [4.78, 5) is 23.9. The summed E-state index contributed by atoms with van der Waals surface area (Å²) in [5, 5.41) is 7.10. The third kappa shape index (κ3) is 4.73. The lowest BCUT2D eigenvalue weighted by atomic mass is 10.00. The first-order chi connectivity index (χ1) is 12.8. The van der Waals surface area contributed by atoms with Gasteiger partial charge in [0.2, 0.25) is 0 Å². The van der Waals surface area contributed by atoms with Crippen LogP contribution in [0.1, 0.15) is 27.1 Å². The van der Waals surface area contributed by atoms with E-state index in [1.54, 1.807) is 4.68 Å². The number of carbonyl (C=O) groups excluding carboxylic acids is 1. The monoisotopic (exact) mass is 392 g/mol. The van der Waals surface area contributed by atoms with Gasteiger partial charge in [-0.25, -0.2) is 4.98 Å². The van der Waals surface area contributed by atoms with Gasteiger partial charge in [-0.3, -0.25) is 9.48 Å². The Morgan fingerprint density at radius 1 is 1.33 bits per heavy atom. The van der Waals surface area contributed by atoms with Gasteiger partial charge in [-0.05, 0) is 28.2 Å². The maximum atomic E-state index is 13.3. The molecule has 1 amide bonds. The zero-order chi connectivity index (χ0) is 19.6. The summed E-state index contributed by atoms with van der Waals surface area (Å²) in [6, 6.07) is -0.179. The SMILES string of the molecule is CN(C)Cc1nc(C(=O)N2CCO[C@@H](CN(C)C)[C@@H]2c2cnn(C)c2)cs1. The van der Waals surface area contributed by atoms with Crippen molar-refractivity contribution in [2.24, 2.45) is 7.05 Å². The number of hydrogen-bond acceptors (Lipinski definition) is 7. The minimum absolute atomic E-state index is 0.0443. The number of thiazole rings is 1. The van der Waals surface area contributed by atoms with Crippen LogP contribution in [-0.2, 0) is 18.3 Å². The molecule has 148 valence electrons. The first-order valence-electron chi connectivity index (χ1n) is 9.00. The van der Waals surface area contributed by atoms with Crippen molar-refractivity contribution in [3.05, 3.63) is 34.0 Å². The number of nitrogens with zero attached hydrogens (tertiary/aromatic N) is 6. The maximum Gasteiger partial charge on any atom is 0.274 e. The fourth-order valence-electron chi connectivity index (χ4n) is 3.36. The van der Waals surface area contributed by atoms with Crippen LogP contribution in [0.2, 0.25) is 0 Å². The van der Waals surface area contributed by atoms with E-state index in [1.807, 2.05) is 62.8 Å². The highest BCUT2D eigenvalue weighted by Crippen LogP contribution is 2.31. The van der Waals surface area contributed by atoms with E-state index in [-0.39, 0.29) is 18.1 Å². The molecule has 3 heterocycles. The van der Waals surface area contributed by atoms with Gasteiger partial charge >= 0.3 is 0 Å². The molecule has 0 saturated carbocycles. The van der Waals surface area contributed by atoms with E-state index in [9.17, 15) is 4.79 Å². The third-order valence-corrected chi connectivity index (χ3v) is 5.28. The smallest absolute Gasteiger partial charge is 0.274 e. The zero-order valence-corrected chi connectivity index (χ0v) is 17.4. The molecule has 0 radical (unpaired) electrons. The molecule has 1 fully saturated rings. The molecule has 9 heteroatoms. The van der Waals surface area contributed by atoms with Gasteiger partial charge in [0.25, 0.3) is 5.91 Å². The number of morpholine rings is 1. The van der Waals surface area contributed by atoms with Gasteiger partial charge in [-0.15, -0.1) is 11.3 Å². The third-order valence-electron chi connectivity index (χ3n) is 4.45. The highest BCUT2D eigenvalue weighted by atomic mass is 32.1. The molecule has 2 aromatic rings. The van der Waals surface area contributed by atoms with Crippen molar-refractivity contribution in [2.45, 2.75) is 18.7 Å². The van der Waals surface area contributed by atoms with E-state index in [0.29, 0.717) is 18.8 Å². The first-order valence-corrected chi connectivity index (χ1v) is 9.88. The average molecular weight is 393 g/mol. The minimum Gasteiger partial charge on any atom is -0.373 e. The van der Waals surface area contributed by atoms with Gasteiger partial charge in [0.1, 0.15) is 10.7 Å². The van der Waals surface area contributed by atoms with E-state index in [1.165, 1.54) is 11.3 Å². The van der Waals surface area contributed by atoms with E-state index >= 15 is 0 Å². The Morgan fingerprint density at radius 3 is 2.74 bits per heavy atom. The Balaban J connectivity index is 1.88. The highest BCUT2D eigenvalue weighted by molar-refractivity contribution is 7.09. The molecule has 0 spiro atoms. The lowest BCUT2D eigenvalue weighted by Gasteiger charge is -2.41. The molecule has 0 aliphatic carbocycles. The number of hydrogen-bond donors (Lipinski definition) is 0. The molecule has 0 aromatic carbocycles. The van der Waals surface area contributed by atoms with Crippen LogP contribution in [0.4, 0.5) is 0 Å². The predicted octanol–water partition coefficient (Wildman–Crippen LogP) is 1.08. The van der Waals surface area contributed by atoms with E-state index in [2.05, 4.69) is 15.0 Å². The topological polar surface area (TPSA) is 66.7 Å². The van der Waals surface area contributed by atoms with Crippen LogP contribution in [-0.4, -0.2) is 89.4 Å². The number of amides is 1. The molecule has 2 aromatic heterocycles. The molecule has 0 unspecified atom stereocenters. The van der Waals surface area contributed by atoms with Crippen LogP contribution >= 0.6 is 11.3 Å². The van der Waals surface area contributed by atoms with Gasteiger partial charge in [0.15, 0.2) is 0 Å². The standard InChI is InChI=1S/C18H28N6O2S/c1-21(2)10-15-17(13-8-19-23(5)9-13)24(6-7-26-15)18(25)14-12-27-16(20-14)11-22(3)4/h8-9,12,15,17H,6-7,10-11H2,1-5H3/t15-,17-/m0/s1. The van der Waals surface area contributed by atoms with Gasteiger partial charge < -0.3 is 19.4 Å². The van der Waals surface area contributed by atoms with E-state index in [0.717, 1.165) is 23.7 Å². The molecule has 1 saturated heterocycles. The summed E-state index contributed by atoms with van der Waals surface area (Å²) in [7, 11) is 9.90. The van der Waals surface area contributed by atoms with Crippen LogP contribution < -0.4 is 0 Å². The predicted molar refractivity (Wildman–Crippen MR) is 105 cm³/mol. The Labute approximate surface area is 164 Å². The summed E-state index contributed by atoms with van der Waals surface area (Å²) in [6.07, 6.45) is 3.67. The molecule has 3 rings (SSSR count). The van der Waals surface area contributed by atoms with Crippen molar-refractivity contribution in [1.29, 1.82) is 0 Å². The summed E-state index contributed by atoms with van der Waals surface area (Å²) < 4.78 is 7.80. The lowest BCUT2D eigenvalue weighted by molar-refractivity contribution is -0.0686. The Morgan fingerprint density at radius 2 is 2.11 bits per heavy atom. The number of aryl methyl sites for hydroxylation is 1. The number of carbonyl (C=O) groups is 1. The quantitative estimate of drug-likeness (QED) is 0.733. The lowest BCUT2D eigenvalue weighted by Crippen LogP contribution is -2.51. The highest BCUT2D eigenvalue weighted by Gasteiger charge is 2.38. The van der Waals surface area contributed by atoms with Crippen LogP contribution in [0, 0.1) is 0 Å². The zero-order valence-electron chi connectivity index (χ0n) is 16.6. The summed E-state index contributed by atoms with van der Waals surface area (Å²) >= 11 is 1.53. The van der Waals surface area contributed by atoms with Gasteiger partial charge in [0.05, 0.1) is 24.9 Å². The van der Waals surface area contributed by atoms with Crippen molar-refractivity contribution in [1.82, 2.24) is 29.5 Å². The van der Waals surface area contributed by atoms with Crippen molar-refractivity contribution in [2.75, 3.05) is 47.9 Å². The average Bonchev–Trinajstić information content (AvgIpc) is 3.22. The van der Waals surface area contributed by atoms with Gasteiger partial charge in [0, 0.05) is 43.8 Å². The molecule has 27 heavy (non-hydrogen) atoms. The normalized spacial score (nSPS) is 20.6. The van der Waals surface area contributed by atoms with E-state index < -0.39 is 0 Å². The van der Waals surface area contributed by atoms with Crippen LogP contribution in [0.5, 0.6) is 0 Å². The molecule has 1 aliphatic heterocycles. The molecule has 0 bridgehead atoms. The Kier molecular flexibility index (Phi) is 6.25. The second-order valence-electron chi connectivity index (χ2n) is 7.43. The van der Waals surface area contributed by atoms with Gasteiger partial charge in [-0.2, -0.15) is 5.10 Å². The van der Waals surface area contributed by atoms with Gasteiger partial charge in [-0.1, -0.05) is 0 Å². The van der Waals surface area contributed by atoms with Crippen molar-refractivity contribution < 1.29 is 9.53 Å². The summed E-state index contributed by atoms with van der Waals surface area (Å²) in [5.41, 5.74) is 1.50. The van der Waals surface area contributed by atoms with Crippen LogP contribution in [0.3, 0.4) is 0 Å². The second-order valence-corrected chi connectivity index (χ2v) is 8.37. The van der Waals surface area contributed by atoms with Crippen molar-refractivity contribution in [3.63, 3.8) is 0 Å². The molecular weight excluding hydrogens is 364 g/mol. The molecular formula is C18H28N6O2S. The largest absolute Gasteiger partial charge is 0.373 e. The maximum absolute atomic E-state index is 13.3. The fraction of sp³-hybridized carbons (Fsp3) is 0.611. The number of aromatic nitrogens is 3. The van der Waals surface area contributed by atoms with Crippen molar-refractivity contribution in [3.8, 4) is 0 Å². The summed E-state index contributed by atoms with van der Waals surface area (Å²) in [6.45, 7) is 2.53. The first kappa shape index (κ1) is 19.9. The number of rotatable bonds is 6. The fourth-order valence-corrected chi connectivity index (χ4v) is 4.25. The second kappa shape index (κ2) is 8.47. The Bertz CT molecular complexity index is 771. The van der Waals surface area contributed by atoms with E-state index in [4.69, 9.17) is 4.74 Å².